The lowest BCUT2D eigenvalue weighted by atomic mass is 10.0. The minimum Gasteiger partial charge on any atom is -0.475 e. The van der Waals surface area contributed by atoms with E-state index in [9.17, 15) is 31.1 Å². The number of likely N-dealkylation sites (tertiary alicyclic amines) is 1. The molecule has 2 heterocycles. The normalized spacial score (nSPS) is 18.2. The molecule has 0 spiro atoms. The Labute approximate surface area is 156 Å². The monoisotopic (exact) mass is 418 g/mol. The van der Waals surface area contributed by atoms with Crippen LogP contribution in [0.15, 0.2) is 12.4 Å². The predicted octanol–water partition coefficient (Wildman–Crippen LogP) is 2.43. The van der Waals surface area contributed by atoms with Crippen molar-refractivity contribution in [2.24, 2.45) is 7.05 Å². The van der Waals surface area contributed by atoms with Crippen LogP contribution in [-0.2, 0) is 16.6 Å². The van der Waals surface area contributed by atoms with Crippen LogP contribution in [0.25, 0.3) is 0 Å². The molecular weight excluding hydrogens is 398 g/mol. The van der Waals surface area contributed by atoms with Crippen LogP contribution in [0.2, 0.25) is 0 Å². The zero-order valence-electron chi connectivity index (χ0n) is 15.1. The van der Waals surface area contributed by atoms with Crippen LogP contribution in [-0.4, -0.2) is 69.7 Å². The summed E-state index contributed by atoms with van der Waals surface area (Å²) in [6.07, 6.45) is -5.89. The summed E-state index contributed by atoms with van der Waals surface area (Å²) in [5.74, 6) is -4.58. The van der Waals surface area contributed by atoms with Crippen molar-refractivity contribution >= 4 is 17.6 Å². The lowest BCUT2D eigenvalue weighted by Gasteiger charge is -2.38. The summed E-state index contributed by atoms with van der Waals surface area (Å²) in [7, 11) is 1.61. The first-order valence-corrected chi connectivity index (χ1v) is 8.18. The van der Waals surface area contributed by atoms with Crippen LogP contribution < -0.4 is 4.90 Å². The third-order valence-electron chi connectivity index (χ3n) is 3.97. The fourth-order valence-corrected chi connectivity index (χ4v) is 2.69. The Morgan fingerprint density at radius 3 is 2.21 bits per heavy atom. The molecule has 13 heteroatoms. The maximum atomic E-state index is 12.9. The van der Waals surface area contributed by atoms with Gasteiger partial charge in [-0.2, -0.15) is 31.4 Å². The number of piperidine rings is 1. The van der Waals surface area contributed by atoms with Gasteiger partial charge in [0.1, 0.15) is 0 Å². The van der Waals surface area contributed by atoms with E-state index >= 15 is 0 Å². The molecular formula is C15H20F6N4O3. The molecule has 1 saturated heterocycles. The SMILES string of the molecule is CCN1CCCC(N(C(=O)C(F)(F)F)c2cnn(C)c2)C1.O=C(O)C(F)(F)F. The second-order valence-corrected chi connectivity index (χ2v) is 6.04. The number of nitrogens with zero attached hydrogens (tertiary/aromatic N) is 4. The smallest absolute Gasteiger partial charge is 0.475 e. The number of hydrogen-bond donors (Lipinski definition) is 1. The number of aliphatic carboxylic acids is 1. The standard InChI is InChI=1S/C13H19F3N4O.C2HF3O2/c1-3-19-6-4-5-10(9-19)20(12(21)13(14,15)16)11-7-17-18(2)8-11;3-2(4,5)1(6)7/h7-8,10H,3-6,9H2,1-2H3;(H,6,7). The molecule has 2 rings (SSSR count). The predicted molar refractivity (Wildman–Crippen MR) is 85.6 cm³/mol. The number of carbonyl (C=O) groups is 2. The maximum Gasteiger partial charge on any atom is 0.490 e. The van der Waals surface area contributed by atoms with Crippen molar-refractivity contribution in [3.8, 4) is 0 Å². The fraction of sp³-hybridized carbons (Fsp3) is 0.667. The highest BCUT2D eigenvalue weighted by atomic mass is 19.4. The van der Waals surface area contributed by atoms with Crippen LogP contribution >= 0.6 is 0 Å². The van der Waals surface area contributed by atoms with E-state index in [1.165, 1.54) is 17.1 Å². The van der Waals surface area contributed by atoms with Crippen LogP contribution in [0.4, 0.5) is 32.0 Å². The number of aryl methyl sites for hydroxylation is 1. The van der Waals surface area contributed by atoms with Gasteiger partial charge in [-0.1, -0.05) is 6.92 Å². The van der Waals surface area contributed by atoms with Gasteiger partial charge in [-0.25, -0.2) is 4.79 Å². The number of halogens is 6. The van der Waals surface area contributed by atoms with Crippen molar-refractivity contribution in [1.82, 2.24) is 14.7 Å². The second-order valence-electron chi connectivity index (χ2n) is 6.04. The molecule has 0 aromatic carbocycles. The number of likely N-dealkylation sites (N-methyl/N-ethyl adjacent to an activating group) is 1. The molecule has 1 N–H and O–H groups in total. The number of carboxylic acids is 1. The highest BCUT2D eigenvalue weighted by Gasteiger charge is 2.46. The zero-order valence-corrected chi connectivity index (χ0v) is 15.1. The average molecular weight is 418 g/mol. The van der Waals surface area contributed by atoms with Crippen molar-refractivity contribution in [3.63, 3.8) is 0 Å². The zero-order chi connectivity index (χ0) is 21.7. The van der Waals surface area contributed by atoms with E-state index in [-0.39, 0.29) is 5.69 Å². The van der Waals surface area contributed by atoms with Gasteiger partial charge in [-0.05, 0) is 25.9 Å². The van der Waals surface area contributed by atoms with E-state index in [0.29, 0.717) is 13.0 Å². The van der Waals surface area contributed by atoms with Crippen LogP contribution in [0.1, 0.15) is 19.8 Å². The van der Waals surface area contributed by atoms with Crippen molar-refractivity contribution in [2.75, 3.05) is 24.5 Å². The molecule has 0 saturated carbocycles. The number of amides is 1. The molecule has 7 nitrogen and oxygen atoms in total. The van der Waals surface area contributed by atoms with Gasteiger partial charge in [-0.3, -0.25) is 14.4 Å². The number of anilines is 1. The summed E-state index contributed by atoms with van der Waals surface area (Å²) >= 11 is 0. The molecule has 28 heavy (non-hydrogen) atoms. The average Bonchev–Trinajstić information content (AvgIpc) is 3.00. The molecule has 1 aromatic heterocycles. The Morgan fingerprint density at radius 2 is 1.82 bits per heavy atom. The minimum atomic E-state index is -5.08. The Balaban J connectivity index is 0.000000480. The van der Waals surface area contributed by atoms with Crippen molar-refractivity contribution in [3.05, 3.63) is 12.4 Å². The number of carboxylic acid groups (broad SMARTS) is 1. The van der Waals surface area contributed by atoms with Crippen LogP contribution in [0, 0.1) is 0 Å². The summed E-state index contributed by atoms with van der Waals surface area (Å²) < 4.78 is 71.8. The lowest BCUT2D eigenvalue weighted by molar-refractivity contribution is -0.192. The quantitative estimate of drug-likeness (QED) is 0.763. The Bertz CT molecular complexity index is 673. The maximum absolute atomic E-state index is 12.9. The van der Waals surface area contributed by atoms with Crippen molar-refractivity contribution in [2.45, 2.75) is 38.2 Å². The van der Waals surface area contributed by atoms with Gasteiger partial charge in [0.25, 0.3) is 0 Å². The summed E-state index contributed by atoms with van der Waals surface area (Å²) in [5.41, 5.74) is 0.197. The molecule has 1 fully saturated rings. The van der Waals surface area contributed by atoms with Gasteiger partial charge in [-0.15, -0.1) is 0 Å². The van der Waals surface area contributed by atoms with Crippen LogP contribution in [0.5, 0.6) is 0 Å². The molecule has 1 aromatic rings. The van der Waals surface area contributed by atoms with Gasteiger partial charge in [0, 0.05) is 19.8 Å². The van der Waals surface area contributed by atoms with Gasteiger partial charge < -0.3 is 10.0 Å². The topological polar surface area (TPSA) is 78.7 Å². The Kier molecular flexibility index (Phi) is 7.84. The largest absolute Gasteiger partial charge is 0.490 e. The summed E-state index contributed by atoms with van der Waals surface area (Å²) in [6, 6.07) is -0.475. The first-order valence-electron chi connectivity index (χ1n) is 8.18. The van der Waals surface area contributed by atoms with Crippen molar-refractivity contribution < 1.29 is 41.0 Å². The van der Waals surface area contributed by atoms with E-state index in [1.807, 2.05) is 6.92 Å². The van der Waals surface area contributed by atoms with Gasteiger partial charge >= 0.3 is 24.2 Å². The van der Waals surface area contributed by atoms with E-state index in [4.69, 9.17) is 9.90 Å². The molecule has 1 aliphatic heterocycles. The van der Waals surface area contributed by atoms with E-state index in [2.05, 4.69) is 10.00 Å². The first kappa shape index (κ1) is 23.7. The molecule has 0 radical (unpaired) electrons. The second kappa shape index (κ2) is 9.26. The third-order valence-corrected chi connectivity index (χ3v) is 3.97. The highest BCUT2D eigenvalue weighted by molar-refractivity contribution is 5.97. The molecule has 0 bridgehead atoms. The highest BCUT2D eigenvalue weighted by Crippen LogP contribution is 2.28. The van der Waals surface area contributed by atoms with Gasteiger partial charge in [0.2, 0.25) is 0 Å². The van der Waals surface area contributed by atoms with Gasteiger partial charge in [0.15, 0.2) is 0 Å². The van der Waals surface area contributed by atoms with E-state index in [0.717, 1.165) is 24.4 Å². The summed E-state index contributed by atoms with van der Waals surface area (Å²) in [4.78, 5) is 23.6. The Hall–Kier alpha value is -2.31. The fourth-order valence-electron chi connectivity index (χ4n) is 2.69. The first-order chi connectivity index (χ1) is 12.8. The number of aromatic nitrogens is 2. The number of carbonyl (C=O) groups excluding carboxylic acids is 1. The Morgan fingerprint density at radius 1 is 1.25 bits per heavy atom. The molecule has 1 aliphatic rings. The molecule has 1 amide bonds. The van der Waals surface area contributed by atoms with E-state index in [1.54, 1.807) is 7.05 Å². The number of hydrogen-bond acceptors (Lipinski definition) is 4. The van der Waals surface area contributed by atoms with Gasteiger partial charge in [0.05, 0.1) is 17.9 Å². The lowest BCUT2D eigenvalue weighted by Crippen LogP contribution is -2.53. The van der Waals surface area contributed by atoms with E-state index < -0.39 is 30.3 Å². The summed E-state index contributed by atoms with van der Waals surface area (Å²) in [5, 5.41) is 11.0. The van der Waals surface area contributed by atoms with Crippen molar-refractivity contribution in [1.29, 1.82) is 0 Å². The molecule has 1 atom stereocenters. The molecule has 1 unspecified atom stereocenters. The minimum absolute atomic E-state index is 0.197. The van der Waals surface area contributed by atoms with Crippen LogP contribution in [0.3, 0.4) is 0 Å². The number of rotatable bonds is 3. The molecule has 160 valence electrons. The third kappa shape index (κ3) is 6.69. The summed E-state index contributed by atoms with van der Waals surface area (Å²) in [6.45, 7) is 4.03. The number of alkyl halides is 6. The molecule has 0 aliphatic carbocycles.